The highest BCUT2D eigenvalue weighted by Gasteiger charge is 2.35. The highest BCUT2D eigenvalue weighted by molar-refractivity contribution is 5.88. The Hall–Kier alpha value is -1.89. The van der Waals surface area contributed by atoms with E-state index in [2.05, 4.69) is 10.3 Å². The molecule has 2 fully saturated rings. The topological polar surface area (TPSA) is 70.5 Å². The van der Waals surface area contributed by atoms with E-state index in [1.54, 1.807) is 11.1 Å². The highest BCUT2D eigenvalue weighted by atomic mass is 16.2. The molecule has 7 heteroatoms. The summed E-state index contributed by atoms with van der Waals surface area (Å²) >= 11 is 0. The summed E-state index contributed by atoms with van der Waals surface area (Å²) in [6.07, 6.45) is 6.47. The zero-order valence-corrected chi connectivity index (χ0v) is 13.7. The molecule has 1 N–H and O–H groups in total. The molecule has 23 heavy (non-hydrogen) atoms. The predicted molar refractivity (Wildman–Crippen MR) is 85.8 cm³/mol. The molecule has 0 aliphatic carbocycles. The predicted octanol–water partition coefficient (Wildman–Crippen LogP) is -0.132. The van der Waals surface area contributed by atoms with Crippen LogP contribution in [0, 0.1) is 0 Å². The van der Waals surface area contributed by atoms with Gasteiger partial charge in [-0.3, -0.25) is 9.59 Å². The lowest BCUT2D eigenvalue weighted by atomic mass is 10.1. The number of carbonyl (C=O) groups is 2. The van der Waals surface area contributed by atoms with E-state index in [0.29, 0.717) is 13.1 Å². The summed E-state index contributed by atoms with van der Waals surface area (Å²) in [7, 11) is 0. The van der Waals surface area contributed by atoms with E-state index in [0.717, 1.165) is 44.7 Å². The van der Waals surface area contributed by atoms with Crippen LogP contribution in [-0.4, -0.2) is 69.9 Å². The molecule has 0 saturated carbocycles. The molecule has 2 amide bonds. The van der Waals surface area contributed by atoms with Crippen LogP contribution in [0.15, 0.2) is 12.4 Å². The molecule has 3 rings (SSSR count). The van der Waals surface area contributed by atoms with Crippen LogP contribution in [-0.2, 0) is 22.6 Å². The number of hydrogen-bond acceptors (Lipinski definition) is 4. The Kier molecular flexibility index (Phi) is 4.95. The van der Waals surface area contributed by atoms with E-state index in [-0.39, 0.29) is 24.4 Å². The van der Waals surface area contributed by atoms with E-state index in [9.17, 15) is 9.59 Å². The summed E-state index contributed by atoms with van der Waals surface area (Å²) in [6.45, 7) is 5.78. The Bertz CT molecular complexity index is 565. The van der Waals surface area contributed by atoms with Crippen LogP contribution in [0.3, 0.4) is 0 Å². The Morgan fingerprint density at radius 1 is 1.30 bits per heavy atom. The molecule has 0 radical (unpaired) electrons. The van der Waals surface area contributed by atoms with Gasteiger partial charge in [0.1, 0.15) is 18.4 Å². The second-order valence-electron chi connectivity index (χ2n) is 6.16. The maximum atomic E-state index is 12.7. The van der Waals surface area contributed by atoms with Gasteiger partial charge in [-0.05, 0) is 12.8 Å². The largest absolute Gasteiger partial charge is 0.341 e. The normalized spacial score (nSPS) is 21.7. The van der Waals surface area contributed by atoms with Crippen molar-refractivity contribution in [1.29, 1.82) is 0 Å². The van der Waals surface area contributed by atoms with E-state index in [1.807, 2.05) is 22.6 Å². The van der Waals surface area contributed by atoms with Crippen LogP contribution in [0.2, 0.25) is 0 Å². The maximum Gasteiger partial charge on any atom is 0.246 e. The minimum atomic E-state index is -0.372. The van der Waals surface area contributed by atoms with Gasteiger partial charge in [0.25, 0.3) is 0 Å². The quantitative estimate of drug-likeness (QED) is 0.839. The van der Waals surface area contributed by atoms with Crippen molar-refractivity contribution in [3.8, 4) is 0 Å². The molecule has 2 aliphatic heterocycles. The number of nitrogens with one attached hydrogen (secondary N) is 1. The number of imidazole rings is 1. The van der Waals surface area contributed by atoms with E-state index in [4.69, 9.17) is 0 Å². The van der Waals surface area contributed by atoms with E-state index >= 15 is 0 Å². The Morgan fingerprint density at radius 2 is 2.09 bits per heavy atom. The summed E-state index contributed by atoms with van der Waals surface area (Å²) in [5.41, 5.74) is 0. The minimum absolute atomic E-state index is 0.00301. The van der Waals surface area contributed by atoms with Gasteiger partial charge in [-0.1, -0.05) is 6.92 Å². The minimum Gasteiger partial charge on any atom is -0.341 e. The zero-order valence-electron chi connectivity index (χ0n) is 13.7. The molecule has 126 valence electrons. The van der Waals surface area contributed by atoms with Gasteiger partial charge in [0.15, 0.2) is 0 Å². The molecule has 1 aromatic heterocycles. The van der Waals surface area contributed by atoms with Gasteiger partial charge >= 0.3 is 0 Å². The fourth-order valence-corrected chi connectivity index (χ4v) is 3.41. The summed E-state index contributed by atoms with van der Waals surface area (Å²) in [4.78, 5) is 33.4. The van der Waals surface area contributed by atoms with Crippen LogP contribution < -0.4 is 5.32 Å². The number of likely N-dealkylation sites (tertiary alicyclic amines) is 1. The van der Waals surface area contributed by atoms with Crippen LogP contribution in [0.1, 0.15) is 25.6 Å². The van der Waals surface area contributed by atoms with Crippen LogP contribution in [0.25, 0.3) is 0 Å². The standard InChI is InChI=1S/C16H25N5O2/c1-2-14-18-6-9-20(14)12-15(22)21-10-5-17-11-13(21)16(23)19-7-3-4-8-19/h6,9,13,17H,2-5,7-8,10-12H2,1H3/t13-/m0/s1. The van der Waals surface area contributed by atoms with Crippen LogP contribution >= 0.6 is 0 Å². The van der Waals surface area contributed by atoms with Gasteiger partial charge in [0.05, 0.1) is 0 Å². The summed E-state index contributed by atoms with van der Waals surface area (Å²) in [6, 6.07) is -0.372. The van der Waals surface area contributed by atoms with Crippen LogP contribution in [0.4, 0.5) is 0 Å². The smallest absolute Gasteiger partial charge is 0.246 e. The molecule has 0 aromatic carbocycles. The fourth-order valence-electron chi connectivity index (χ4n) is 3.41. The maximum absolute atomic E-state index is 12.7. The molecular weight excluding hydrogens is 294 g/mol. The van der Waals surface area contributed by atoms with Gasteiger partial charge in [0, 0.05) is 51.5 Å². The Labute approximate surface area is 136 Å². The van der Waals surface area contributed by atoms with Crippen LogP contribution in [0.5, 0.6) is 0 Å². The first kappa shape index (κ1) is 16.0. The van der Waals surface area contributed by atoms with Gasteiger partial charge in [-0.25, -0.2) is 4.98 Å². The second kappa shape index (κ2) is 7.12. The number of aromatic nitrogens is 2. The summed E-state index contributed by atoms with van der Waals surface area (Å²) in [5, 5.41) is 3.24. The van der Waals surface area contributed by atoms with Crippen molar-refractivity contribution in [2.24, 2.45) is 0 Å². The molecule has 0 spiro atoms. The molecular formula is C16H25N5O2. The van der Waals surface area contributed by atoms with E-state index in [1.165, 1.54) is 0 Å². The lowest BCUT2D eigenvalue weighted by Gasteiger charge is -2.37. The fraction of sp³-hybridized carbons (Fsp3) is 0.688. The number of rotatable bonds is 4. The molecule has 1 atom stereocenters. The number of nitrogens with zero attached hydrogens (tertiary/aromatic N) is 4. The van der Waals surface area contributed by atoms with Gasteiger partial charge in [0.2, 0.25) is 11.8 Å². The van der Waals surface area contributed by atoms with Gasteiger partial charge < -0.3 is 19.7 Å². The van der Waals surface area contributed by atoms with Gasteiger partial charge in [-0.2, -0.15) is 0 Å². The SMILES string of the molecule is CCc1nccn1CC(=O)N1CCNC[C@H]1C(=O)N1CCCC1. The monoisotopic (exact) mass is 319 g/mol. The third kappa shape index (κ3) is 3.39. The summed E-state index contributed by atoms with van der Waals surface area (Å²) in [5.74, 6) is 0.983. The molecule has 0 unspecified atom stereocenters. The molecule has 3 heterocycles. The van der Waals surface area contributed by atoms with Crippen molar-refractivity contribution < 1.29 is 9.59 Å². The van der Waals surface area contributed by atoms with Crippen molar-refractivity contribution >= 4 is 11.8 Å². The average molecular weight is 319 g/mol. The Morgan fingerprint density at radius 3 is 2.83 bits per heavy atom. The third-order valence-electron chi connectivity index (χ3n) is 4.69. The lowest BCUT2D eigenvalue weighted by Crippen LogP contribution is -2.60. The van der Waals surface area contributed by atoms with Crippen molar-refractivity contribution in [1.82, 2.24) is 24.7 Å². The summed E-state index contributed by atoms with van der Waals surface area (Å²) < 4.78 is 1.88. The number of amides is 2. The number of piperazine rings is 1. The highest BCUT2D eigenvalue weighted by Crippen LogP contribution is 2.14. The first-order valence-electron chi connectivity index (χ1n) is 8.49. The average Bonchev–Trinajstić information content (AvgIpc) is 3.25. The lowest BCUT2D eigenvalue weighted by molar-refractivity contribution is -0.146. The van der Waals surface area contributed by atoms with E-state index < -0.39 is 0 Å². The molecule has 2 saturated heterocycles. The number of aryl methyl sites for hydroxylation is 1. The number of carbonyl (C=O) groups excluding carboxylic acids is 2. The molecule has 1 aromatic rings. The number of hydrogen-bond donors (Lipinski definition) is 1. The Balaban J connectivity index is 1.70. The molecule has 2 aliphatic rings. The molecule has 0 bridgehead atoms. The first-order chi connectivity index (χ1) is 11.2. The first-order valence-corrected chi connectivity index (χ1v) is 8.49. The van der Waals surface area contributed by atoms with Crippen molar-refractivity contribution in [2.45, 2.75) is 38.8 Å². The third-order valence-corrected chi connectivity index (χ3v) is 4.69. The van der Waals surface area contributed by atoms with Crippen molar-refractivity contribution in [2.75, 3.05) is 32.7 Å². The van der Waals surface area contributed by atoms with Crippen molar-refractivity contribution in [3.05, 3.63) is 18.2 Å². The van der Waals surface area contributed by atoms with Gasteiger partial charge in [-0.15, -0.1) is 0 Å². The van der Waals surface area contributed by atoms with Crippen molar-refractivity contribution in [3.63, 3.8) is 0 Å². The molecule has 7 nitrogen and oxygen atoms in total. The second-order valence-corrected chi connectivity index (χ2v) is 6.16. The zero-order chi connectivity index (χ0) is 16.2.